The van der Waals surface area contributed by atoms with Gasteiger partial charge in [0, 0.05) is 0 Å². The van der Waals surface area contributed by atoms with Crippen molar-refractivity contribution in [3.05, 3.63) is 12.3 Å². The molecule has 0 heterocycles. The van der Waals surface area contributed by atoms with Crippen LogP contribution >= 0.6 is 12.2 Å². The summed E-state index contributed by atoms with van der Waals surface area (Å²) >= 11 is 4.37. The van der Waals surface area contributed by atoms with E-state index < -0.39 is 0 Å². The van der Waals surface area contributed by atoms with Gasteiger partial charge in [0.25, 0.3) is 0 Å². The molecule has 0 aromatic carbocycles. The van der Waals surface area contributed by atoms with Gasteiger partial charge >= 0.3 is 0 Å². The molecule has 0 aromatic heterocycles. The molecule has 34 valence electrons. The zero-order chi connectivity index (χ0) is 5.15. The van der Waals surface area contributed by atoms with Crippen LogP contribution in [0.15, 0.2) is 12.3 Å². The van der Waals surface area contributed by atoms with E-state index in [-0.39, 0.29) is 10.7 Å². The lowest BCUT2D eigenvalue weighted by molar-refractivity contribution is 1.49. The summed E-state index contributed by atoms with van der Waals surface area (Å²) in [5.41, 5.74) is 10.2. The van der Waals surface area contributed by atoms with Crippen molar-refractivity contribution in [2.75, 3.05) is 0 Å². The fourth-order valence-corrected chi connectivity index (χ4v) is 0. The van der Waals surface area contributed by atoms with Gasteiger partial charge in [-0.3, -0.25) is 0 Å². The first-order valence-electron chi connectivity index (χ1n) is 1.39. The zero-order valence-corrected chi connectivity index (χ0v) is 4.09. The van der Waals surface area contributed by atoms with E-state index in [1.165, 1.54) is 0 Å². The zero-order valence-electron chi connectivity index (χ0n) is 3.27. The van der Waals surface area contributed by atoms with Gasteiger partial charge < -0.3 is 11.5 Å². The van der Waals surface area contributed by atoms with Crippen LogP contribution in [0.4, 0.5) is 0 Å². The lowest BCUT2D eigenvalue weighted by Gasteiger charge is -1.87. The van der Waals surface area contributed by atoms with Gasteiger partial charge in [0.1, 0.15) is 4.99 Å². The molecule has 0 atom stereocenters. The Morgan fingerprint density at radius 2 is 1.67 bits per heavy atom. The maximum Gasteiger partial charge on any atom is 0.119 e. The first-order chi connectivity index (χ1) is 2.64. The summed E-state index contributed by atoms with van der Waals surface area (Å²) in [5.74, 6) is 0. The molecule has 0 aliphatic heterocycles. The number of nitrogens with two attached hydrogens (primary N) is 2. The Balaban J connectivity index is 3.57. The van der Waals surface area contributed by atoms with Gasteiger partial charge in [0.15, 0.2) is 0 Å². The molecule has 0 spiro atoms. The second-order valence-corrected chi connectivity index (χ2v) is 1.33. The second-order valence-electron chi connectivity index (χ2n) is 0.889. The van der Waals surface area contributed by atoms with E-state index in [2.05, 4.69) is 18.8 Å². The Hall–Kier alpha value is -0.570. The first-order valence-corrected chi connectivity index (χ1v) is 1.79. The van der Waals surface area contributed by atoms with E-state index >= 15 is 0 Å². The quantitative estimate of drug-likeness (QED) is 0.354. The summed E-state index contributed by atoms with van der Waals surface area (Å²) in [6, 6.07) is 0. The van der Waals surface area contributed by atoms with Crippen LogP contribution in [0, 0.1) is 0 Å². The molecule has 0 aliphatic rings. The molecule has 0 fully saturated rings. The molecule has 0 rings (SSSR count). The van der Waals surface area contributed by atoms with Crippen LogP contribution in [-0.2, 0) is 0 Å². The van der Waals surface area contributed by atoms with E-state index in [4.69, 9.17) is 11.5 Å². The maximum atomic E-state index is 4.97. The molecule has 0 amide bonds. The maximum absolute atomic E-state index is 4.97. The lowest BCUT2D eigenvalue weighted by Crippen LogP contribution is -2.16. The van der Waals surface area contributed by atoms with Crippen LogP contribution < -0.4 is 11.5 Å². The molecule has 0 unspecified atom stereocenters. The molecule has 0 bridgehead atoms. The van der Waals surface area contributed by atoms with Crippen LogP contribution in [0.2, 0.25) is 0 Å². The molecule has 3 heteroatoms. The molecular weight excluding hydrogens is 96.1 g/mol. The molecule has 0 aromatic rings. The summed E-state index contributed by atoms with van der Waals surface area (Å²) < 4.78 is 0. The third-order valence-electron chi connectivity index (χ3n) is 0.316. The van der Waals surface area contributed by atoms with E-state index in [0.717, 1.165) is 0 Å². The molecular formula is C3H6N2S. The summed E-state index contributed by atoms with van der Waals surface area (Å²) in [5, 5.41) is 0. The minimum absolute atomic E-state index is 0.176. The highest BCUT2D eigenvalue weighted by molar-refractivity contribution is 7.80. The fourth-order valence-electron chi connectivity index (χ4n) is 0. The monoisotopic (exact) mass is 102 g/mol. The van der Waals surface area contributed by atoms with Crippen LogP contribution in [0.25, 0.3) is 0 Å². The third-order valence-corrected chi connectivity index (χ3v) is 0.579. The van der Waals surface area contributed by atoms with Crippen LogP contribution in [-0.4, -0.2) is 4.99 Å². The van der Waals surface area contributed by atoms with E-state index in [1.807, 2.05) is 0 Å². The Morgan fingerprint density at radius 1 is 1.50 bits per heavy atom. The van der Waals surface area contributed by atoms with Crippen molar-refractivity contribution >= 4 is 17.2 Å². The van der Waals surface area contributed by atoms with Crippen molar-refractivity contribution in [3.8, 4) is 0 Å². The topological polar surface area (TPSA) is 52.0 Å². The lowest BCUT2D eigenvalue weighted by atomic mass is 10.5. The minimum Gasteiger partial charge on any atom is -0.397 e. The average Bonchev–Trinajstić information content (AvgIpc) is 1.36. The van der Waals surface area contributed by atoms with E-state index in [1.54, 1.807) is 0 Å². The van der Waals surface area contributed by atoms with E-state index in [9.17, 15) is 0 Å². The summed E-state index contributed by atoms with van der Waals surface area (Å²) in [7, 11) is 0. The van der Waals surface area contributed by atoms with Crippen molar-refractivity contribution < 1.29 is 0 Å². The van der Waals surface area contributed by atoms with Crippen LogP contribution in [0.3, 0.4) is 0 Å². The summed E-state index contributed by atoms with van der Waals surface area (Å²) in [4.78, 5) is 0.176. The van der Waals surface area contributed by atoms with Gasteiger partial charge in [-0.15, -0.1) is 0 Å². The predicted molar refractivity (Wildman–Crippen MR) is 30.1 cm³/mol. The highest BCUT2D eigenvalue weighted by Gasteiger charge is 1.81. The fraction of sp³-hybridized carbons (Fsp3) is 0. The molecule has 0 saturated carbocycles. The van der Waals surface area contributed by atoms with Crippen molar-refractivity contribution in [1.82, 2.24) is 0 Å². The molecule has 2 nitrogen and oxygen atoms in total. The van der Waals surface area contributed by atoms with Crippen molar-refractivity contribution in [2.24, 2.45) is 11.5 Å². The van der Waals surface area contributed by atoms with Crippen LogP contribution in [0.1, 0.15) is 0 Å². The standard InChI is InChI=1S/C3H6N2S/c1-2(4)3(5)6/h1,4H2,(H2,5,6). The predicted octanol–water partition coefficient (Wildman–Crippen LogP) is -0.255. The molecule has 0 aliphatic carbocycles. The molecule has 4 N–H and O–H groups in total. The van der Waals surface area contributed by atoms with Crippen LogP contribution in [0.5, 0.6) is 0 Å². The van der Waals surface area contributed by atoms with Crippen molar-refractivity contribution in [3.63, 3.8) is 0 Å². The molecule has 6 heavy (non-hydrogen) atoms. The Morgan fingerprint density at radius 3 is 1.67 bits per heavy atom. The van der Waals surface area contributed by atoms with Gasteiger partial charge in [-0.1, -0.05) is 18.8 Å². The largest absolute Gasteiger partial charge is 0.397 e. The number of rotatable bonds is 1. The SMILES string of the molecule is C=C(N)C(N)=S. The number of hydrogen-bond donors (Lipinski definition) is 2. The van der Waals surface area contributed by atoms with E-state index in [0.29, 0.717) is 0 Å². The first kappa shape index (κ1) is 5.43. The average molecular weight is 102 g/mol. The number of thiocarbonyl (C=S) groups is 1. The van der Waals surface area contributed by atoms with Crippen molar-refractivity contribution in [2.45, 2.75) is 0 Å². The smallest absolute Gasteiger partial charge is 0.119 e. The highest BCUT2D eigenvalue weighted by atomic mass is 32.1. The Bertz CT molecular complexity index is 74.8. The highest BCUT2D eigenvalue weighted by Crippen LogP contribution is 1.71. The van der Waals surface area contributed by atoms with Gasteiger partial charge in [-0.05, 0) is 0 Å². The van der Waals surface area contributed by atoms with Gasteiger partial charge in [-0.2, -0.15) is 0 Å². The molecule has 0 saturated heterocycles. The van der Waals surface area contributed by atoms with Gasteiger partial charge in [0.05, 0.1) is 5.70 Å². The third kappa shape index (κ3) is 1.72. The normalized spacial score (nSPS) is 7.33. The molecule has 0 radical (unpaired) electrons. The van der Waals surface area contributed by atoms with Crippen molar-refractivity contribution in [1.29, 1.82) is 0 Å². The van der Waals surface area contributed by atoms with Gasteiger partial charge in [0.2, 0.25) is 0 Å². The Kier molecular flexibility index (Phi) is 1.60. The summed E-state index contributed by atoms with van der Waals surface area (Å²) in [6.45, 7) is 3.27. The van der Waals surface area contributed by atoms with Gasteiger partial charge in [-0.25, -0.2) is 0 Å². The summed E-state index contributed by atoms with van der Waals surface area (Å²) in [6.07, 6.45) is 0. The Labute approximate surface area is 41.8 Å². The number of hydrogen-bond acceptors (Lipinski definition) is 2. The second kappa shape index (κ2) is 1.77. The minimum atomic E-state index is 0.176.